The fraction of sp³-hybridized carbons (Fsp3) is 0.0175. The van der Waals surface area contributed by atoms with Crippen LogP contribution in [0.2, 0.25) is 0 Å². The Morgan fingerprint density at radius 1 is 0.305 bits per heavy atom. The summed E-state index contributed by atoms with van der Waals surface area (Å²) >= 11 is 0. The largest absolute Gasteiger partial charge is 0.455 e. The highest BCUT2D eigenvalue weighted by Gasteiger charge is 2.19. The molecule has 0 amide bonds. The molecule has 0 atom stereocenters. The molecular formula is C57H39NO. The van der Waals surface area contributed by atoms with Crippen LogP contribution in [0.4, 0.5) is 11.4 Å². The van der Waals surface area contributed by atoms with Gasteiger partial charge in [-0.15, -0.1) is 0 Å². The highest BCUT2D eigenvalue weighted by atomic mass is 16.3. The number of hydrogen-bond donors (Lipinski definition) is 0. The van der Waals surface area contributed by atoms with Crippen LogP contribution in [0.3, 0.4) is 0 Å². The fourth-order valence-electron chi connectivity index (χ4n) is 8.80. The van der Waals surface area contributed by atoms with Crippen LogP contribution in [-0.4, -0.2) is 0 Å². The van der Waals surface area contributed by atoms with Gasteiger partial charge in [0.1, 0.15) is 11.2 Å². The van der Waals surface area contributed by atoms with Gasteiger partial charge in [-0.05, 0) is 91.0 Å². The first-order chi connectivity index (χ1) is 29.2. The summed E-state index contributed by atoms with van der Waals surface area (Å²) in [7, 11) is 0. The van der Waals surface area contributed by atoms with Crippen molar-refractivity contribution in [1.29, 1.82) is 0 Å². The lowest BCUT2D eigenvalue weighted by Gasteiger charge is -2.27. The summed E-state index contributed by atoms with van der Waals surface area (Å²) in [6, 6.07) is 80.9. The van der Waals surface area contributed by atoms with Gasteiger partial charge in [-0.2, -0.15) is 0 Å². The van der Waals surface area contributed by atoms with Crippen LogP contribution in [0.25, 0.3) is 88.0 Å². The number of anilines is 2. The molecule has 59 heavy (non-hydrogen) atoms. The molecule has 0 unspecified atom stereocenters. The van der Waals surface area contributed by atoms with Crippen LogP contribution in [0, 0.1) is 0 Å². The second-order valence-electron chi connectivity index (χ2n) is 15.3. The van der Waals surface area contributed by atoms with Gasteiger partial charge < -0.3 is 9.32 Å². The summed E-state index contributed by atoms with van der Waals surface area (Å²) in [5, 5.41) is 7.07. The molecule has 0 aliphatic carbocycles. The van der Waals surface area contributed by atoms with Gasteiger partial charge in [-0.25, -0.2) is 0 Å². The van der Waals surface area contributed by atoms with E-state index in [2.05, 4.69) is 229 Å². The highest BCUT2D eigenvalue weighted by Crippen LogP contribution is 2.41. The Hall–Kier alpha value is -7.68. The predicted molar refractivity (Wildman–Crippen MR) is 249 cm³/mol. The Morgan fingerprint density at radius 3 is 1.63 bits per heavy atom. The van der Waals surface area contributed by atoms with Crippen molar-refractivity contribution in [2.75, 3.05) is 4.90 Å². The number of fused-ring (bicyclic) bond motifs is 6. The number of benzene rings is 10. The molecule has 10 aromatic carbocycles. The van der Waals surface area contributed by atoms with Gasteiger partial charge in [0.15, 0.2) is 0 Å². The first kappa shape index (κ1) is 34.6. The number of hydrogen-bond acceptors (Lipinski definition) is 2. The highest BCUT2D eigenvalue weighted by molar-refractivity contribution is 6.17. The van der Waals surface area contributed by atoms with Crippen LogP contribution in [0.5, 0.6) is 0 Å². The van der Waals surface area contributed by atoms with E-state index in [1.807, 2.05) is 0 Å². The summed E-state index contributed by atoms with van der Waals surface area (Å²) in [4.78, 5) is 2.45. The molecule has 0 bridgehead atoms. The zero-order valence-electron chi connectivity index (χ0n) is 32.4. The minimum Gasteiger partial charge on any atom is -0.455 e. The van der Waals surface area contributed by atoms with Gasteiger partial charge in [-0.1, -0.05) is 194 Å². The van der Waals surface area contributed by atoms with Crippen LogP contribution in [-0.2, 0) is 6.54 Å². The lowest BCUT2D eigenvalue weighted by Crippen LogP contribution is -2.17. The smallest absolute Gasteiger partial charge is 0.143 e. The average molecular weight is 754 g/mol. The van der Waals surface area contributed by atoms with E-state index in [0.29, 0.717) is 6.54 Å². The zero-order valence-corrected chi connectivity index (χ0v) is 32.4. The quantitative estimate of drug-likeness (QED) is 0.154. The van der Waals surface area contributed by atoms with Crippen molar-refractivity contribution in [3.05, 3.63) is 230 Å². The van der Waals surface area contributed by atoms with Gasteiger partial charge >= 0.3 is 0 Å². The molecule has 0 saturated heterocycles. The number of rotatable bonds is 8. The van der Waals surface area contributed by atoms with Crippen molar-refractivity contribution in [2.45, 2.75) is 6.54 Å². The monoisotopic (exact) mass is 753 g/mol. The lowest BCUT2D eigenvalue weighted by atomic mass is 9.96. The van der Waals surface area contributed by atoms with Crippen LogP contribution in [0.15, 0.2) is 229 Å². The first-order valence-electron chi connectivity index (χ1n) is 20.3. The first-order valence-corrected chi connectivity index (χ1v) is 20.3. The normalized spacial score (nSPS) is 11.5. The molecule has 2 nitrogen and oxygen atoms in total. The van der Waals surface area contributed by atoms with Crippen LogP contribution < -0.4 is 4.90 Å². The third kappa shape index (κ3) is 6.32. The van der Waals surface area contributed by atoms with E-state index < -0.39 is 0 Å². The summed E-state index contributed by atoms with van der Waals surface area (Å²) in [6.45, 7) is 0.653. The summed E-state index contributed by atoms with van der Waals surface area (Å²) < 4.78 is 6.85. The Balaban J connectivity index is 1.02. The van der Waals surface area contributed by atoms with Crippen LogP contribution in [0.1, 0.15) is 5.56 Å². The van der Waals surface area contributed by atoms with Crippen molar-refractivity contribution in [3.63, 3.8) is 0 Å². The molecule has 1 aromatic heterocycles. The maximum atomic E-state index is 6.85. The second kappa shape index (κ2) is 14.7. The lowest BCUT2D eigenvalue weighted by molar-refractivity contribution is 0.673. The van der Waals surface area contributed by atoms with E-state index in [1.165, 1.54) is 55.1 Å². The summed E-state index contributed by atoms with van der Waals surface area (Å²) in [5.74, 6) is 0. The SMILES string of the molecule is c1ccc(-c2ccc(-c3ccc(N(Cc4ccccc4-c4cccc5c4oc4c6ccccc6ccc54)c4cccc(-c5cccc6ccccc56)c4)cc3)cc2)cc1. The van der Waals surface area contributed by atoms with Gasteiger partial charge in [0, 0.05) is 39.6 Å². The van der Waals surface area contributed by atoms with Crippen molar-refractivity contribution in [2.24, 2.45) is 0 Å². The molecule has 0 fully saturated rings. The number of furan rings is 1. The van der Waals surface area contributed by atoms with Crippen molar-refractivity contribution in [3.8, 4) is 44.5 Å². The summed E-state index contributed by atoms with van der Waals surface area (Å²) in [5.41, 5.74) is 14.8. The van der Waals surface area contributed by atoms with Gasteiger partial charge in [-0.3, -0.25) is 0 Å². The Morgan fingerprint density at radius 2 is 0.831 bits per heavy atom. The molecule has 0 N–H and O–H groups in total. The molecule has 11 aromatic rings. The second-order valence-corrected chi connectivity index (χ2v) is 15.3. The Kier molecular flexibility index (Phi) is 8.60. The van der Waals surface area contributed by atoms with Crippen molar-refractivity contribution < 1.29 is 4.42 Å². The van der Waals surface area contributed by atoms with E-state index in [9.17, 15) is 0 Å². The minimum absolute atomic E-state index is 0.653. The predicted octanol–water partition coefficient (Wildman–Crippen LogP) is 15.9. The van der Waals surface area contributed by atoms with Gasteiger partial charge in [0.2, 0.25) is 0 Å². The van der Waals surface area contributed by atoms with Crippen LogP contribution >= 0.6 is 0 Å². The van der Waals surface area contributed by atoms with Crippen molar-refractivity contribution in [1.82, 2.24) is 0 Å². The van der Waals surface area contributed by atoms with E-state index in [1.54, 1.807) is 0 Å². The number of para-hydroxylation sites is 1. The molecule has 2 heteroatoms. The standard InChI is InChI=1S/C57H39NO/c1-2-13-39(14-3-1)40-27-29-41(30-28-40)42-31-34-47(35-32-42)58(48-20-10-19-45(37-48)50-24-11-18-43-15-4-7-21-49(43)50)38-46-17-6-8-22-51(46)53-25-12-26-54-55-36-33-44-16-5-9-23-52(44)56(55)59-57(53)54/h1-37H,38H2. The summed E-state index contributed by atoms with van der Waals surface area (Å²) in [6.07, 6.45) is 0. The van der Waals surface area contributed by atoms with E-state index in [4.69, 9.17) is 4.42 Å². The molecule has 11 rings (SSSR count). The Bertz CT molecular complexity index is 3280. The topological polar surface area (TPSA) is 16.4 Å². The molecule has 0 radical (unpaired) electrons. The fourth-order valence-corrected chi connectivity index (χ4v) is 8.80. The maximum Gasteiger partial charge on any atom is 0.143 e. The Labute approximate surface area is 343 Å². The third-order valence-electron chi connectivity index (χ3n) is 11.8. The average Bonchev–Trinajstić information content (AvgIpc) is 3.71. The molecule has 1 heterocycles. The molecule has 0 aliphatic rings. The molecule has 0 aliphatic heterocycles. The van der Waals surface area contributed by atoms with E-state index in [-0.39, 0.29) is 0 Å². The van der Waals surface area contributed by atoms with E-state index in [0.717, 1.165) is 49.8 Å². The molecule has 0 saturated carbocycles. The van der Waals surface area contributed by atoms with Gasteiger partial charge in [0.25, 0.3) is 0 Å². The van der Waals surface area contributed by atoms with Crippen molar-refractivity contribution >= 4 is 54.9 Å². The minimum atomic E-state index is 0.653. The molecule has 0 spiro atoms. The molecular weight excluding hydrogens is 715 g/mol. The number of nitrogens with zero attached hydrogens (tertiary/aromatic N) is 1. The zero-order chi connectivity index (χ0) is 39.1. The third-order valence-corrected chi connectivity index (χ3v) is 11.8. The maximum absolute atomic E-state index is 6.85. The molecule has 278 valence electrons. The van der Waals surface area contributed by atoms with Gasteiger partial charge in [0.05, 0.1) is 0 Å². The van der Waals surface area contributed by atoms with E-state index >= 15 is 0 Å².